The van der Waals surface area contributed by atoms with Gasteiger partial charge in [-0.15, -0.1) is 11.3 Å². The van der Waals surface area contributed by atoms with Crippen molar-refractivity contribution in [1.82, 2.24) is 0 Å². The van der Waals surface area contributed by atoms with Gasteiger partial charge in [0, 0.05) is 15.6 Å². The average Bonchev–Trinajstić information content (AvgIpc) is 2.85. The summed E-state index contributed by atoms with van der Waals surface area (Å²) in [5, 5.41) is 0.820. The molecule has 0 unspecified atom stereocenters. The lowest BCUT2D eigenvalue weighted by molar-refractivity contribution is 0.0995. The van der Waals surface area contributed by atoms with Gasteiger partial charge < -0.3 is 0 Å². The molecule has 1 nitrogen and oxygen atoms in total. The largest absolute Gasteiger partial charge is 0.293 e. The van der Waals surface area contributed by atoms with Crippen LogP contribution in [0.4, 0.5) is 8.78 Å². The Balaban J connectivity index is 1.89. The number of halogens is 3. The van der Waals surface area contributed by atoms with Gasteiger partial charge in [-0.3, -0.25) is 4.79 Å². The molecule has 0 saturated heterocycles. The molecule has 0 aliphatic rings. The molecule has 106 valence electrons. The fraction of sp³-hybridized carbons (Fsp3) is 0.0625. The Labute approximate surface area is 132 Å². The van der Waals surface area contributed by atoms with Crippen molar-refractivity contribution in [2.45, 2.75) is 6.42 Å². The maximum Gasteiger partial charge on any atom is 0.177 e. The standard InChI is InChI=1S/C16H9BrF2OS/c17-11-3-1-9(13(19)7-11)5-14(20)16-6-10-2-4-12(18)8-15(10)21-16/h1-4,6-8H,5H2. The molecular weight excluding hydrogens is 358 g/mol. The molecular formula is C16H9BrF2OS. The minimum Gasteiger partial charge on any atom is -0.293 e. The maximum atomic E-state index is 13.8. The number of rotatable bonds is 3. The first-order chi connectivity index (χ1) is 10.0. The third kappa shape index (κ3) is 3.04. The van der Waals surface area contributed by atoms with E-state index in [2.05, 4.69) is 15.9 Å². The van der Waals surface area contributed by atoms with Gasteiger partial charge in [-0.05, 0) is 41.3 Å². The summed E-state index contributed by atoms with van der Waals surface area (Å²) in [6.45, 7) is 0. The molecule has 0 saturated carbocycles. The first kappa shape index (κ1) is 14.4. The van der Waals surface area contributed by atoms with Crippen LogP contribution in [0.15, 0.2) is 46.9 Å². The van der Waals surface area contributed by atoms with E-state index in [1.54, 1.807) is 24.3 Å². The highest BCUT2D eigenvalue weighted by molar-refractivity contribution is 9.10. The Morgan fingerprint density at radius 2 is 1.90 bits per heavy atom. The van der Waals surface area contributed by atoms with Crippen LogP contribution in [0, 0.1) is 11.6 Å². The van der Waals surface area contributed by atoms with Gasteiger partial charge in [0.15, 0.2) is 5.78 Å². The van der Waals surface area contributed by atoms with Gasteiger partial charge in [0.25, 0.3) is 0 Å². The summed E-state index contributed by atoms with van der Waals surface area (Å²) < 4.78 is 28.3. The fourth-order valence-electron chi connectivity index (χ4n) is 2.07. The summed E-state index contributed by atoms with van der Waals surface area (Å²) >= 11 is 4.41. The van der Waals surface area contributed by atoms with Gasteiger partial charge in [0.2, 0.25) is 0 Å². The van der Waals surface area contributed by atoms with Gasteiger partial charge in [-0.2, -0.15) is 0 Å². The summed E-state index contributed by atoms with van der Waals surface area (Å²) in [6, 6.07) is 10.7. The summed E-state index contributed by atoms with van der Waals surface area (Å²) in [7, 11) is 0. The third-order valence-electron chi connectivity index (χ3n) is 3.12. The van der Waals surface area contributed by atoms with E-state index < -0.39 is 5.82 Å². The zero-order chi connectivity index (χ0) is 15.0. The van der Waals surface area contributed by atoms with Gasteiger partial charge in [-0.25, -0.2) is 8.78 Å². The fourth-order valence-corrected chi connectivity index (χ4v) is 3.43. The van der Waals surface area contributed by atoms with Crippen LogP contribution in [0.1, 0.15) is 15.2 Å². The molecule has 1 aromatic heterocycles. The minimum absolute atomic E-state index is 0.00554. The molecule has 3 rings (SSSR count). The van der Waals surface area contributed by atoms with E-state index in [4.69, 9.17) is 0 Å². The van der Waals surface area contributed by atoms with E-state index in [-0.39, 0.29) is 18.0 Å². The van der Waals surface area contributed by atoms with Crippen LogP contribution in [0.2, 0.25) is 0 Å². The lowest BCUT2D eigenvalue weighted by Gasteiger charge is -2.01. The Morgan fingerprint density at radius 1 is 1.10 bits per heavy atom. The Hall–Kier alpha value is -1.59. The van der Waals surface area contributed by atoms with Crippen molar-refractivity contribution >= 4 is 43.1 Å². The monoisotopic (exact) mass is 366 g/mol. The molecule has 5 heteroatoms. The molecule has 2 aromatic carbocycles. The van der Waals surface area contributed by atoms with Gasteiger partial charge in [0.1, 0.15) is 11.6 Å². The first-order valence-corrected chi connectivity index (χ1v) is 7.80. The predicted octanol–water partition coefficient (Wildman–Crippen LogP) is 5.37. The van der Waals surface area contributed by atoms with Crippen molar-refractivity contribution in [3.8, 4) is 0 Å². The summed E-state index contributed by atoms with van der Waals surface area (Å²) in [4.78, 5) is 12.8. The van der Waals surface area contributed by atoms with Crippen LogP contribution < -0.4 is 0 Å². The first-order valence-electron chi connectivity index (χ1n) is 6.19. The van der Waals surface area contributed by atoms with Crippen LogP contribution in [-0.4, -0.2) is 5.78 Å². The van der Waals surface area contributed by atoms with E-state index in [9.17, 15) is 13.6 Å². The highest BCUT2D eigenvalue weighted by Crippen LogP contribution is 2.27. The highest BCUT2D eigenvalue weighted by atomic mass is 79.9. The lowest BCUT2D eigenvalue weighted by Crippen LogP contribution is -2.03. The molecule has 0 spiro atoms. The average molecular weight is 367 g/mol. The quantitative estimate of drug-likeness (QED) is 0.569. The number of thiophene rings is 1. The second-order valence-electron chi connectivity index (χ2n) is 4.63. The van der Waals surface area contributed by atoms with Crippen molar-refractivity contribution < 1.29 is 13.6 Å². The number of Topliss-reactive ketones (excluding diaryl/α,β-unsaturated/α-hetero) is 1. The molecule has 1 heterocycles. The normalized spacial score (nSPS) is 11.0. The van der Waals surface area contributed by atoms with Crippen molar-refractivity contribution in [3.63, 3.8) is 0 Å². The van der Waals surface area contributed by atoms with Crippen LogP contribution in [0.3, 0.4) is 0 Å². The Bertz CT molecular complexity index is 841. The molecule has 0 amide bonds. The number of carbonyl (C=O) groups excluding carboxylic acids is 1. The number of fused-ring (bicyclic) bond motifs is 1. The Kier molecular flexibility index (Phi) is 3.87. The maximum absolute atomic E-state index is 13.8. The summed E-state index contributed by atoms with van der Waals surface area (Å²) in [6.07, 6.45) is -0.00554. The Morgan fingerprint density at radius 3 is 2.67 bits per heavy atom. The van der Waals surface area contributed by atoms with Gasteiger partial charge >= 0.3 is 0 Å². The lowest BCUT2D eigenvalue weighted by atomic mass is 10.1. The van der Waals surface area contributed by atoms with Crippen LogP contribution in [0.5, 0.6) is 0 Å². The van der Waals surface area contributed by atoms with Crippen molar-refractivity contribution in [3.05, 3.63) is 69.0 Å². The zero-order valence-electron chi connectivity index (χ0n) is 10.7. The van der Waals surface area contributed by atoms with E-state index in [0.717, 1.165) is 10.1 Å². The summed E-state index contributed by atoms with van der Waals surface area (Å²) in [5.74, 6) is -0.912. The second-order valence-corrected chi connectivity index (χ2v) is 6.63. The SMILES string of the molecule is O=C(Cc1ccc(Br)cc1F)c1cc2ccc(F)cc2s1. The molecule has 21 heavy (non-hydrogen) atoms. The molecule has 0 radical (unpaired) electrons. The van der Waals surface area contributed by atoms with Crippen molar-refractivity contribution in [2.75, 3.05) is 0 Å². The number of ketones is 1. The highest BCUT2D eigenvalue weighted by Gasteiger charge is 2.14. The van der Waals surface area contributed by atoms with E-state index >= 15 is 0 Å². The molecule has 0 fully saturated rings. The van der Waals surface area contributed by atoms with Crippen LogP contribution in [-0.2, 0) is 6.42 Å². The molecule has 0 atom stereocenters. The minimum atomic E-state index is -0.412. The number of hydrogen-bond acceptors (Lipinski definition) is 2. The summed E-state index contributed by atoms with van der Waals surface area (Å²) in [5.41, 5.74) is 0.354. The molecule has 0 aliphatic heterocycles. The third-order valence-corrected chi connectivity index (χ3v) is 4.76. The van der Waals surface area contributed by atoms with Gasteiger partial charge in [-0.1, -0.05) is 28.1 Å². The van der Waals surface area contributed by atoms with E-state index in [0.29, 0.717) is 14.9 Å². The van der Waals surface area contributed by atoms with Crippen molar-refractivity contribution in [1.29, 1.82) is 0 Å². The molecule has 3 aromatic rings. The van der Waals surface area contributed by atoms with E-state index in [1.807, 2.05) is 0 Å². The molecule has 0 aliphatic carbocycles. The smallest absolute Gasteiger partial charge is 0.177 e. The molecule has 0 N–H and O–H groups in total. The van der Waals surface area contributed by atoms with Crippen LogP contribution >= 0.6 is 27.3 Å². The topological polar surface area (TPSA) is 17.1 Å². The second kappa shape index (κ2) is 5.66. The van der Waals surface area contributed by atoms with Gasteiger partial charge in [0.05, 0.1) is 4.88 Å². The number of benzene rings is 2. The molecule has 0 bridgehead atoms. The van der Waals surface area contributed by atoms with Crippen LogP contribution in [0.25, 0.3) is 10.1 Å². The number of hydrogen-bond donors (Lipinski definition) is 0. The number of carbonyl (C=O) groups is 1. The van der Waals surface area contributed by atoms with Crippen molar-refractivity contribution in [2.24, 2.45) is 0 Å². The van der Waals surface area contributed by atoms with E-state index in [1.165, 1.54) is 29.5 Å². The predicted molar refractivity (Wildman–Crippen MR) is 83.9 cm³/mol. The zero-order valence-corrected chi connectivity index (χ0v) is 13.1.